The number of halogens is 1. The van der Waals surface area contributed by atoms with E-state index >= 15 is 0 Å². The van der Waals surface area contributed by atoms with Crippen LogP contribution >= 0.6 is 0 Å². The lowest BCUT2D eigenvalue weighted by molar-refractivity contribution is 0.282. The number of hydrogen-bond donors (Lipinski definition) is 0. The molecule has 148 valence electrons. The second-order valence-corrected chi connectivity index (χ2v) is 7.41. The molecule has 0 radical (unpaired) electrons. The number of fused-ring (bicyclic) bond motifs is 3. The summed E-state index contributed by atoms with van der Waals surface area (Å²) in [5, 5.41) is 14.8. The van der Waals surface area contributed by atoms with E-state index in [4.69, 9.17) is 15.1 Å². The summed E-state index contributed by atoms with van der Waals surface area (Å²) >= 11 is 0. The molecule has 2 aromatic carbocycles. The molecule has 0 fully saturated rings. The number of aromatic nitrogens is 3. The highest BCUT2D eigenvalue weighted by molar-refractivity contribution is 5.87. The third-order valence-electron chi connectivity index (χ3n) is 5.52. The first-order chi connectivity index (χ1) is 14.7. The largest absolute Gasteiger partial charge is 0.472 e. The molecule has 0 saturated heterocycles. The van der Waals surface area contributed by atoms with Gasteiger partial charge in [0.25, 0.3) is 0 Å². The van der Waals surface area contributed by atoms with Crippen molar-refractivity contribution in [1.29, 1.82) is 5.26 Å². The van der Waals surface area contributed by atoms with Gasteiger partial charge in [0.05, 0.1) is 22.7 Å². The maximum absolute atomic E-state index is 14.1. The Morgan fingerprint density at radius 3 is 2.67 bits per heavy atom. The lowest BCUT2D eigenvalue weighted by atomic mass is 9.95. The molecule has 0 spiro atoms. The van der Waals surface area contributed by atoms with E-state index in [1.807, 2.05) is 18.3 Å². The monoisotopic (exact) mass is 398 g/mol. The first kappa shape index (κ1) is 18.3. The predicted molar refractivity (Wildman–Crippen MR) is 111 cm³/mol. The molecule has 2 heterocycles. The highest BCUT2D eigenvalue weighted by atomic mass is 19.1. The van der Waals surface area contributed by atoms with Crippen molar-refractivity contribution in [2.24, 2.45) is 0 Å². The van der Waals surface area contributed by atoms with Gasteiger partial charge < -0.3 is 4.74 Å². The summed E-state index contributed by atoms with van der Waals surface area (Å²) < 4.78 is 22.0. The summed E-state index contributed by atoms with van der Waals surface area (Å²) in [6, 6.07) is 15.9. The van der Waals surface area contributed by atoms with Crippen molar-refractivity contribution in [2.45, 2.75) is 32.3 Å². The van der Waals surface area contributed by atoms with E-state index in [-0.39, 0.29) is 12.4 Å². The first-order valence-electron chi connectivity index (χ1n) is 10.0. The van der Waals surface area contributed by atoms with E-state index in [9.17, 15) is 4.39 Å². The minimum atomic E-state index is -0.304. The maximum Gasteiger partial charge on any atom is 0.226 e. The zero-order chi connectivity index (χ0) is 20.5. The van der Waals surface area contributed by atoms with Crippen LogP contribution in [-0.4, -0.2) is 14.8 Å². The van der Waals surface area contributed by atoms with E-state index in [0.717, 1.165) is 48.0 Å². The Kier molecular flexibility index (Phi) is 4.64. The van der Waals surface area contributed by atoms with E-state index < -0.39 is 0 Å². The minimum absolute atomic E-state index is 0.0842. The average Bonchev–Trinajstić information content (AvgIpc) is 3.17. The van der Waals surface area contributed by atoms with Crippen LogP contribution < -0.4 is 4.74 Å². The standard InChI is InChI=1S/C24H19FN4O/c25-21-7-3-1-5-17(21)15-30-24-20-14-27-22-8-4-2-6-19(22)23(20)28-29(24)18-11-9-16(13-26)10-12-18/h1,3,5,7,9-12,14H,2,4,6,8,15H2. The molecule has 0 aliphatic heterocycles. The molecule has 0 saturated carbocycles. The fourth-order valence-corrected chi connectivity index (χ4v) is 3.94. The van der Waals surface area contributed by atoms with Crippen molar-refractivity contribution >= 4 is 10.9 Å². The number of ether oxygens (including phenoxy) is 1. The van der Waals surface area contributed by atoms with E-state index in [2.05, 4.69) is 11.1 Å². The van der Waals surface area contributed by atoms with Gasteiger partial charge in [-0.15, -0.1) is 0 Å². The molecule has 0 atom stereocenters. The Hall–Kier alpha value is -3.72. The van der Waals surface area contributed by atoms with Gasteiger partial charge in [-0.2, -0.15) is 15.0 Å². The van der Waals surface area contributed by atoms with Gasteiger partial charge in [-0.05, 0) is 56.0 Å². The van der Waals surface area contributed by atoms with Gasteiger partial charge in [0.2, 0.25) is 5.88 Å². The molecule has 0 bridgehead atoms. The quantitative estimate of drug-likeness (QED) is 0.491. The number of aryl methyl sites for hydroxylation is 2. The minimum Gasteiger partial charge on any atom is -0.472 e. The molecule has 1 aliphatic rings. The van der Waals surface area contributed by atoms with Crippen LogP contribution in [0.25, 0.3) is 16.6 Å². The van der Waals surface area contributed by atoms with Crippen LogP contribution in [0.15, 0.2) is 54.7 Å². The van der Waals surface area contributed by atoms with Gasteiger partial charge in [0.15, 0.2) is 0 Å². The fourth-order valence-electron chi connectivity index (χ4n) is 3.94. The molecule has 6 heteroatoms. The van der Waals surface area contributed by atoms with Gasteiger partial charge in [0, 0.05) is 23.0 Å². The first-order valence-corrected chi connectivity index (χ1v) is 10.0. The van der Waals surface area contributed by atoms with Crippen molar-refractivity contribution in [1.82, 2.24) is 14.8 Å². The lowest BCUT2D eigenvalue weighted by Gasteiger charge is -2.14. The molecular weight excluding hydrogens is 379 g/mol. The third kappa shape index (κ3) is 3.18. The Balaban J connectivity index is 1.63. The lowest BCUT2D eigenvalue weighted by Crippen LogP contribution is -2.05. The summed E-state index contributed by atoms with van der Waals surface area (Å²) in [6.07, 6.45) is 5.96. The number of pyridine rings is 1. The average molecular weight is 398 g/mol. The Labute approximate surface area is 173 Å². The summed E-state index contributed by atoms with van der Waals surface area (Å²) in [6.45, 7) is 0.0842. The number of benzene rings is 2. The topological polar surface area (TPSA) is 63.7 Å². The molecule has 4 aromatic rings. The second-order valence-electron chi connectivity index (χ2n) is 7.41. The van der Waals surface area contributed by atoms with E-state index in [0.29, 0.717) is 17.0 Å². The highest BCUT2D eigenvalue weighted by Gasteiger charge is 2.22. The van der Waals surface area contributed by atoms with Crippen LogP contribution in [0.2, 0.25) is 0 Å². The smallest absolute Gasteiger partial charge is 0.226 e. The molecule has 0 N–H and O–H groups in total. The number of nitrogens with zero attached hydrogens (tertiary/aromatic N) is 4. The Morgan fingerprint density at radius 2 is 1.87 bits per heavy atom. The van der Waals surface area contributed by atoms with Crippen LogP contribution in [-0.2, 0) is 19.4 Å². The summed E-state index contributed by atoms with van der Waals surface area (Å²) in [5.41, 5.74) is 4.97. The molecule has 0 unspecified atom stereocenters. The fraction of sp³-hybridized carbons (Fsp3) is 0.208. The van der Waals surface area contributed by atoms with Crippen molar-refractivity contribution in [3.8, 4) is 17.6 Å². The molecule has 5 nitrogen and oxygen atoms in total. The van der Waals surface area contributed by atoms with Gasteiger partial charge in [-0.1, -0.05) is 18.2 Å². The summed E-state index contributed by atoms with van der Waals surface area (Å²) in [5.74, 6) is 0.223. The Morgan fingerprint density at radius 1 is 1.07 bits per heavy atom. The molecule has 1 aliphatic carbocycles. The number of nitriles is 1. The van der Waals surface area contributed by atoms with Crippen molar-refractivity contribution in [3.05, 3.63) is 82.9 Å². The zero-order valence-electron chi connectivity index (χ0n) is 16.3. The number of hydrogen-bond acceptors (Lipinski definition) is 4. The third-order valence-corrected chi connectivity index (χ3v) is 5.52. The van der Waals surface area contributed by atoms with Crippen molar-refractivity contribution in [3.63, 3.8) is 0 Å². The molecule has 2 aromatic heterocycles. The normalized spacial score (nSPS) is 13.1. The summed E-state index contributed by atoms with van der Waals surface area (Å²) in [4.78, 5) is 4.66. The zero-order valence-corrected chi connectivity index (χ0v) is 16.3. The van der Waals surface area contributed by atoms with Crippen molar-refractivity contribution in [2.75, 3.05) is 0 Å². The second kappa shape index (κ2) is 7.60. The predicted octanol–water partition coefficient (Wildman–Crippen LogP) is 4.89. The maximum atomic E-state index is 14.1. The van der Waals surface area contributed by atoms with Gasteiger partial charge in [-0.25, -0.2) is 4.39 Å². The summed E-state index contributed by atoms with van der Waals surface area (Å²) in [7, 11) is 0. The highest BCUT2D eigenvalue weighted by Crippen LogP contribution is 2.34. The SMILES string of the molecule is N#Cc1ccc(-n2nc3c4c(ncc3c2OCc2ccccc2F)CCCC4)cc1. The van der Waals surface area contributed by atoms with Crippen LogP contribution in [0.1, 0.15) is 35.2 Å². The molecule has 5 rings (SSSR count). The van der Waals surface area contributed by atoms with Crippen LogP contribution in [0.3, 0.4) is 0 Å². The van der Waals surface area contributed by atoms with Gasteiger partial charge in [-0.3, -0.25) is 4.98 Å². The van der Waals surface area contributed by atoms with E-state index in [1.54, 1.807) is 35.0 Å². The van der Waals surface area contributed by atoms with E-state index in [1.165, 1.54) is 11.6 Å². The molecular formula is C24H19FN4O. The van der Waals surface area contributed by atoms with Crippen LogP contribution in [0.4, 0.5) is 4.39 Å². The van der Waals surface area contributed by atoms with Crippen molar-refractivity contribution < 1.29 is 9.13 Å². The molecule has 0 amide bonds. The van der Waals surface area contributed by atoms with Gasteiger partial charge in [0.1, 0.15) is 17.9 Å². The van der Waals surface area contributed by atoms with Crippen LogP contribution in [0.5, 0.6) is 5.88 Å². The van der Waals surface area contributed by atoms with Gasteiger partial charge >= 0.3 is 0 Å². The number of rotatable bonds is 4. The van der Waals surface area contributed by atoms with Crippen LogP contribution in [0, 0.1) is 17.1 Å². The molecule has 30 heavy (non-hydrogen) atoms. The Bertz CT molecular complexity index is 1270.